The second-order valence-electron chi connectivity index (χ2n) is 4.20. The fourth-order valence-corrected chi connectivity index (χ4v) is 1.80. The van der Waals surface area contributed by atoms with Crippen molar-refractivity contribution in [1.82, 2.24) is 9.97 Å². The van der Waals surface area contributed by atoms with E-state index in [-0.39, 0.29) is 31.3 Å². The van der Waals surface area contributed by atoms with E-state index in [4.69, 9.17) is 10.0 Å². The molecule has 1 fully saturated rings. The summed E-state index contributed by atoms with van der Waals surface area (Å²) in [5.41, 5.74) is 3.40. The summed E-state index contributed by atoms with van der Waals surface area (Å²) >= 11 is 0. The number of carbonyl (C=O) groups excluding carboxylic acids is 2. The molecule has 0 unspecified atom stereocenters. The van der Waals surface area contributed by atoms with E-state index in [1.807, 2.05) is 5.48 Å². The zero-order valence-corrected chi connectivity index (χ0v) is 11.3. The lowest BCUT2D eigenvalue weighted by Gasteiger charge is -2.14. The van der Waals surface area contributed by atoms with E-state index in [1.54, 1.807) is 18.2 Å². The molecule has 0 radical (unpaired) electrons. The number of amides is 2. The molecule has 2 amide bonds. The van der Waals surface area contributed by atoms with Crippen molar-refractivity contribution in [2.24, 2.45) is 10.2 Å². The Balaban J connectivity index is 2.15. The molecule has 1 aromatic carbocycles. The zero-order chi connectivity index (χ0) is 15.2. The first-order valence-corrected chi connectivity index (χ1v) is 6.17. The second-order valence-corrected chi connectivity index (χ2v) is 4.20. The van der Waals surface area contributed by atoms with E-state index in [9.17, 15) is 9.59 Å². The van der Waals surface area contributed by atoms with Crippen molar-refractivity contribution >= 4 is 23.2 Å². The molecular weight excluding hydrogens is 278 g/mol. The number of hydrogen-bond acceptors (Lipinski definition) is 7. The van der Waals surface area contributed by atoms with Gasteiger partial charge in [-0.15, -0.1) is 0 Å². The van der Waals surface area contributed by atoms with Crippen LogP contribution in [0.2, 0.25) is 0 Å². The Morgan fingerprint density at radius 2 is 2.10 bits per heavy atom. The summed E-state index contributed by atoms with van der Waals surface area (Å²) in [7, 11) is 1.49. The van der Waals surface area contributed by atoms with Crippen molar-refractivity contribution in [1.29, 1.82) is 0 Å². The lowest BCUT2D eigenvalue weighted by atomic mass is 10.2. The van der Waals surface area contributed by atoms with Crippen molar-refractivity contribution in [3.8, 4) is 0 Å². The summed E-state index contributed by atoms with van der Waals surface area (Å²) in [5, 5.41) is 17.1. The normalized spacial score (nSPS) is 14.1. The van der Waals surface area contributed by atoms with Gasteiger partial charge in [0.1, 0.15) is 18.8 Å². The number of nitrogens with one attached hydrogen (secondary N) is 1. The largest absolute Gasteiger partial charge is 0.291 e. The fraction of sp³-hybridized carbons (Fsp3) is 0.333. The summed E-state index contributed by atoms with van der Waals surface area (Å²) in [6.45, 7) is -0.0764. The Morgan fingerprint density at radius 3 is 2.71 bits per heavy atom. The number of carbonyl (C=O) groups is 2. The molecule has 0 atom stereocenters. The number of nitrogens with zero attached hydrogens (tertiary/aromatic N) is 4. The van der Waals surface area contributed by atoms with Gasteiger partial charge in [0.05, 0.1) is 5.69 Å². The Kier molecular flexibility index (Phi) is 4.72. The van der Waals surface area contributed by atoms with E-state index in [0.29, 0.717) is 16.9 Å². The highest BCUT2D eigenvalue weighted by Crippen LogP contribution is 2.24. The molecule has 1 aliphatic rings. The Morgan fingerprint density at radius 1 is 1.38 bits per heavy atom. The quantitative estimate of drug-likeness (QED) is 0.367. The third kappa shape index (κ3) is 3.48. The Labute approximate surface area is 119 Å². The lowest BCUT2D eigenvalue weighted by Crippen LogP contribution is -2.29. The maximum Gasteiger partial charge on any atom is 0.254 e. The van der Waals surface area contributed by atoms with Gasteiger partial charge in [0, 0.05) is 18.4 Å². The molecule has 9 nitrogen and oxygen atoms in total. The Bertz CT molecular complexity index is 608. The molecule has 1 aromatic rings. The third-order valence-corrected chi connectivity index (χ3v) is 2.81. The highest BCUT2D eigenvalue weighted by Gasteiger charge is 2.30. The molecule has 1 aliphatic heterocycles. The molecule has 0 aliphatic carbocycles. The van der Waals surface area contributed by atoms with Crippen molar-refractivity contribution in [2.75, 3.05) is 12.5 Å². The van der Waals surface area contributed by atoms with Crippen LogP contribution >= 0.6 is 0 Å². The zero-order valence-electron chi connectivity index (χ0n) is 11.3. The molecule has 1 saturated heterocycles. The average Bonchev–Trinajstić information content (AvgIpc) is 2.82. The molecule has 0 aromatic heterocycles. The van der Waals surface area contributed by atoms with Crippen molar-refractivity contribution in [3.63, 3.8) is 0 Å². The van der Waals surface area contributed by atoms with Gasteiger partial charge in [0.2, 0.25) is 4.91 Å². The van der Waals surface area contributed by atoms with Gasteiger partial charge in [-0.05, 0) is 18.2 Å². The van der Waals surface area contributed by atoms with Crippen LogP contribution in [0.1, 0.15) is 18.4 Å². The third-order valence-electron chi connectivity index (χ3n) is 2.81. The first-order valence-electron chi connectivity index (χ1n) is 6.17. The van der Waals surface area contributed by atoms with Crippen LogP contribution in [0, 0.1) is 0 Å². The number of anilines is 1. The number of benzene rings is 1. The molecule has 110 valence electrons. The van der Waals surface area contributed by atoms with Gasteiger partial charge in [0.25, 0.3) is 11.8 Å². The minimum Gasteiger partial charge on any atom is -0.291 e. The highest BCUT2D eigenvalue weighted by molar-refractivity contribution is 6.00. The fourth-order valence-electron chi connectivity index (χ4n) is 1.80. The van der Waals surface area contributed by atoms with Crippen molar-refractivity contribution < 1.29 is 19.6 Å². The van der Waals surface area contributed by atoms with Crippen LogP contribution in [-0.2, 0) is 21.0 Å². The van der Waals surface area contributed by atoms with Crippen LogP contribution in [0.15, 0.2) is 28.4 Å². The second kappa shape index (κ2) is 6.71. The summed E-state index contributed by atoms with van der Waals surface area (Å²) in [4.78, 5) is 31.6. The number of hydroxylamine groups is 2. The standard InChI is InChI=1S/C12H13N5O4/c1-13-16-14-9-2-3-10(15-20)8(6-9)7-21-17-11(18)4-5-12(17)19/h2-3,6H,4-5,7H2,1H3,(H,13,14,20)/p+1. The molecule has 9 heteroatoms. The predicted octanol–water partition coefficient (Wildman–Crippen LogP) is 1.30. The van der Waals surface area contributed by atoms with Crippen LogP contribution in [0.3, 0.4) is 0 Å². The van der Waals surface area contributed by atoms with Crippen molar-refractivity contribution in [2.45, 2.75) is 19.4 Å². The first kappa shape index (κ1) is 14.8. The van der Waals surface area contributed by atoms with E-state index < -0.39 is 0 Å². The highest BCUT2D eigenvalue weighted by atomic mass is 16.7. The minimum absolute atomic E-state index is 0.0764. The first-order chi connectivity index (χ1) is 10.2. The molecule has 0 bridgehead atoms. The van der Waals surface area contributed by atoms with Gasteiger partial charge in [0.15, 0.2) is 10.8 Å². The topological polar surface area (TPSA) is 118 Å². The number of imide groups is 1. The van der Waals surface area contributed by atoms with Gasteiger partial charge in [-0.3, -0.25) is 25.1 Å². The van der Waals surface area contributed by atoms with Gasteiger partial charge in [-0.1, -0.05) is 0 Å². The predicted molar refractivity (Wildman–Crippen MR) is 70.3 cm³/mol. The molecular formula is C12H14N5O4+. The lowest BCUT2D eigenvalue weighted by molar-refractivity contribution is -0.191. The van der Waals surface area contributed by atoms with Gasteiger partial charge >= 0.3 is 0 Å². The summed E-state index contributed by atoms with van der Waals surface area (Å²) < 4.78 is 0. The average molecular weight is 292 g/mol. The Hall–Kier alpha value is -2.61. The molecule has 21 heavy (non-hydrogen) atoms. The summed E-state index contributed by atoms with van der Waals surface area (Å²) in [5.74, 6) is -0.752. The van der Waals surface area contributed by atoms with Crippen LogP contribution in [0.25, 0.3) is 0 Å². The molecule has 2 N–H and O–H groups in total. The molecule has 0 saturated carbocycles. The van der Waals surface area contributed by atoms with E-state index >= 15 is 0 Å². The smallest absolute Gasteiger partial charge is 0.254 e. The van der Waals surface area contributed by atoms with Gasteiger partial charge in [-0.2, -0.15) is 5.06 Å². The summed E-state index contributed by atoms with van der Waals surface area (Å²) in [6.07, 6.45) is 0.298. The van der Waals surface area contributed by atoms with Gasteiger partial charge in [-0.25, -0.2) is 0 Å². The van der Waals surface area contributed by atoms with E-state index in [2.05, 4.69) is 15.1 Å². The molecule has 0 spiro atoms. The van der Waals surface area contributed by atoms with Crippen LogP contribution in [0.4, 0.5) is 11.4 Å². The maximum absolute atomic E-state index is 11.4. The molecule has 2 rings (SSSR count). The van der Waals surface area contributed by atoms with Crippen LogP contribution < -0.4 is 10.4 Å². The number of rotatable bonds is 5. The van der Waals surface area contributed by atoms with E-state index in [0.717, 1.165) is 5.06 Å². The van der Waals surface area contributed by atoms with Crippen LogP contribution in [0.5, 0.6) is 0 Å². The molecule has 1 heterocycles. The monoisotopic (exact) mass is 292 g/mol. The number of hydrogen-bond donors (Lipinski definition) is 2. The van der Waals surface area contributed by atoms with E-state index in [1.165, 1.54) is 7.05 Å². The van der Waals surface area contributed by atoms with Crippen LogP contribution in [-0.4, -0.2) is 29.1 Å². The van der Waals surface area contributed by atoms with Gasteiger partial charge < -0.3 is 0 Å². The minimum atomic E-state index is -0.376. The SMILES string of the molecule is CN=[N+]=Nc1ccc(NO)c(CON2C(=O)CCC2=O)c1. The van der Waals surface area contributed by atoms with Crippen molar-refractivity contribution in [3.05, 3.63) is 23.8 Å². The maximum atomic E-state index is 11.4. The summed E-state index contributed by atoms with van der Waals surface area (Å²) in [6, 6.07) is 4.78.